The van der Waals surface area contributed by atoms with Gasteiger partial charge in [-0.1, -0.05) is 17.7 Å². The number of carbonyl (C=O) groups excluding carboxylic acids is 1. The Morgan fingerprint density at radius 2 is 1.63 bits per heavy atom. The minimum absolute atomic E-state index is 0.00926. The van der Waals surface area contributed by atoms with Crippen molar-refractivity contribution in [3.05, 3.63) is 67.6 Å². The summed E-state index contributed by atoms with van der Waals surface area (Å²) in [5, 5.41) is 0.548. The van der Waals surface area contributed by atoms with Gasteiger partial charge in [-0.05, 0) is 77.7 Å². The highest BCUT2D eigenvalue weighted by atomic mass is 79.9. The second-order valence-corrected chi connectivity index (χ2v) is 5.97. The van der Waals surface area contributed by atoms with Crippen LogP contribution in [-0.2, 0) is 0 Å². The van der Waals surface area contributed by atoms with Crippen LogP contribution in [0.25, 0.3) is 0 Å². The van der Waals surface area contributed by atoms with E-state index in [-0.39, 0.29) is 5.78 Å². The summed E-state index contributed by atoms with van der Waals surface area (Å²) in [4.78, 5) is 12.5. The Morgan fingerprint density at radius 1 is 1.00 bits per heavy atom. The summed E-state index contributed by atoms with van der Waals surface area (Å²) < 4.78 is 0.794. The quantitative estimate of drug-likeness (QED) is 0.683. The molecule has 0 heterocycles. The molecule has 0 fully saturated rings. The first kappa shape index (κ1) is 14.3. The van der Waals surface area contributed by atoms with Crippen molar-refractivity contribution in [2.45, 2.75) is 20.8 Å². The third kappa shape index (κ3) is 2.90. The minimum Gasteiger partial charge on any atom is -0.289 e. The molecule has 1 nitrogen and oxygen atoms in total. The van der Waals surface area contributed by atoms with Crippen LogP contribution in [0.3, 0.4) is 0 Å². The normalized spacial score (nSPS) is 10.6. The Hall–Kier alpha value is -1.12. The fourth-order valence-corrected chi connectivity index (χ4v) is 2.43. The summed E-state index contributed by atoms with van der Waals surface area (Å²) in [6.45, 7) is 6.02. The van der Waals surface area contributed by atoms with Crippen LogP contribution in [0.5, 0.6) is 0 Å². The van der Waals surface area contributed by atoms with Crippen molar-refractivity contribution in [2.75, 3.05) is 0 Å². The number of hydrogen-bond acceptors (Lipinski definition) is 1. The van der Waals surface area contributed by atoms with Crippen LogP contribution in [0, 0.1) is 20.8 Å². The van der Waals surface area contributed by atoms with Gasteiger partial charge in [-0.25, -0.2) is 0 Å². The molecule has 0 aliphatic carbocycles. The standard InChI is InChI=1S/C16H14BrClO/c1-9-6-11(3)13(7-10(9)2)16(19)12-4-5-14(17)15(18)8-12/h4-8H,1-3H3. The summed E-state index contributed by atoms with van der Waals surface area (Å²) in [5.74, 6) is 0.00926. The lowest BCUT2D eigenvalue weighted by molar-refractivity contribution is 0.103. The van der Waals surface area contributed by atoms with Gasteiger partial charge >= 0.3 is 0 Å². The first-order valence-corrected chi connectivity index (χ1v) is 7.15. The van der Waals surface area contributed by atoms with Crippen molar-refractivity contribution in [1.82, 2.24) is 0 Å². The Labute approximate surface area is 126 Å². The van der Waals surface area contributed by atoms with Crippen LogP contribution in [0.1, 0.15) is 32.6 Å². The van der Waals surface area contributed by atoms with Gasteiger partial charge in [-0.15, -0.1) is 0 Å². The average molecular weight is 338 g/mol. The van der Waals surface area contributed by atoms with Gasteiger partial charge in [0.05, 0.1) is 5.02 Å². The van der Waals surface area contributed by atoms with E-state index in [9.17, 15) is 4.79 Å². The zero-order valence-electron chi connectivity index (χ0n) is 11.1. The van der Waals surface area contributed by atoms with E-state index in [1.807, 2.05) is 32.9 Å². The lowest BCUT2D eigenvalue weighted by atomic mass is 9.95. The fraction of sp³-hybridized carbons (Fsp3) is 0.188. The van der Waals surface area contributed by atoms with Gasteiger partial charge < -0.3 is 0 Å². The van der Waals surface area contributed by atoms with Crippen molar-refractivity contribution < 1.29 is 4.79 Å². The van der Waals surface area contributed by atoms with E-state index >= 15 is 0 Å². The molecule has 3 heteroatoms. The molecule has 0 saturated heterocycles. The van der Waals surface area contributed by atoms with Crippen LogP contribution < -0.4 is 0 Å². The SMILES string of the molecule is Cc1cc(C)c(C(=O)c2ccc(Br)c(Cl)c2)cc1C. The molecular weight excluding hydrogens is 324 g/mol. The molecule has 98 valence electrons. The maximum Gasteiger partial charge on any atom is 0.193 e. The number of halogens is 2. The van der Waals surface area contributed by atoms with Crippen molar-refractivity contribution in [3.8, 4) is 0 Å². The van der Waals surface area contributed by atoms with Crippen LogP contribution in [0.4, 0.5) is 0 Å². The minimum atomic E-state index is 0.00926. The molecule has 2 aromatic rings. The van der Waals surface area contributed by atoms with E-state index in [0.29, 0.717) is 10.6 Å². The van der Waals surface area contributed by atoms with Gasteiger partial charge in [0.2, 0.25) is 0 Å². The summed E-state index contributed by atoms with van der Waals surface area (Å²) in [6, 6.07) is 9.27. The first-order chi connectivity index (χ1) is 8.90. The molecule has 0 atom stereocenters. The van der Waals surface area contributed by atoms with E-state index in [0.717, 1.165) is 21.2 Å². The molecule has 2 rings (SSSR count). The summed E-state index contributed by atoms with van der Waals surface area (Å²) in [5.41, 5.74) is 4.66. The lowest BCUT2D eigenvalue weighted by Gasteiger charge is -2.09. The largest absolute Gasteiger partial charge is 0.289 e. The average Bonchev–Trinajstić information content (AvgIpc) is 2.36. The third-order valence-corrected chi connectivity index (χ3v) is 4.50. The van der Waals surface area contributed by atoms with Gasteiger partial charge in [-0.2, -0.15) is 0 Å². The number of aryl methyl sites for hydroxylation is 3. The van der Waals surface area contributed by atoms with Gasteiger partial charge in [-0.3, -0.25) is 4.79 Å². The van der Waals surface area contributed by atoms with Crippen molar-refractivity contribution in [3.63, 3.8) is 0 Å². The van der Waals surface area contributed by atoms with Crippen LogP contribution in [0.15, 0.2) is 34.8 Å². The predicted octanol–water partition coefficient (Wildman–Crippen LogP) is 5.26. The fourth-order valence-electron chi connectivity index (χ4n) is 2.00. The zero-order chi connectivity index (χ0) is 14.2. The first-order valence-electron chi connectivity index (χ1n) is 5.97. The molecule has 0 unspecified atom stereocenters. The van der Waals surface area contributed by atoms with Crippen LogP contribution >= 0.6 is 27.5 Å². The molecule has 2 aromatic carbocycles. The number of benzene rings is 2. The summed E-state index contributed by atoms with van der Waals surface area (Å²) in [7, 11) is 0. The molecule has 19 heavy (non-hydrogen) atoms. The Morgan fingerprint density at radius 3 is 2.26 bits per heavy atom. The highest BCUT2D eigenvalue weighted by Gasteiger charge is 2.14. The number of rotatable bonds is 2. The van der Waals surface area contributed by atoms with E-state index in [1.165, 1.54) is 5.56 Å². The van der Waals surface area contributed by atoms with E-state index in [1.54, 1.807) is 18.2 Å². The van der Waals surface area contributed by atoms with E-state index < -0.39 is 0 Å². The molecule has 0 aromatic heterocycles. The second kappa shape index (κ2) is 5.48. The predicted molar refractivity (Wildman–Crippen MR) is 83.2 cm³/mol. The van der Waals surface area contributed by atoms with Gasteiger partial charge in [0.15, 0.2) is 5.78 Å². The highest BCUT2D eigenvalue weighted by Crippen LogP contribution is 2.25. The van der Waals surface area contributed by atoms with E-state index in [4.69, 9.17) is 11.6 Å². The monoisotopic (exact) mass is 336 g/mol. The smallest absolute Gasteiger partial charge is 0.193 e. The molecule has 0 spiro atoms. The van der Waals surface area contributed by atoms with Crippen LogP contribution in [0.2, 0.25) is 5.02 Å². The highest BCUT2D eigenvalue weighted by molar-refractivity contribution is 9.10. The zero-order valence-corrected chi connectivity index (χ0v) is 13.4. The lowest BCUT2D eigenvalue weighted by Crippen LogP contribution is -2.05. The van der Waals surface area contributed by atoms with Crippen molar-refractivity contribution >= 4 is 33.3 Å². The molecule has 0 amide bonds. The molecule has 0 N–H and O–H groups in total. The maximum absolute atomic E-state index is 12.5. The summed E-state index contributed by atoms with van der Waals surface area (Å²) in [6.07, 6.45) is 0. The number of carbonyl (C=O) groups is 1. The van der Waals surface area contributed by atoms with Gasteiger partial charge in [0, 0.05) is 15.6 Å². The molecule has 0 radical (unpaired) electrons. The second-order valence-electron chi connectivity index (χ2n) is 4.71. The maximum atomic E-state index is 12.5. The molecule has 0 aliphatic rings. The van der Waals surface area contributed by atoms with Gasteiger partial charge in [0.1, 0.15) is 0 Å². The molecule has 0 saturated carbocycles. The Balaban J connectivity index is 2.49. The molecular formula is C16H14BrClO. The van der Waals surface area contributed by atoms with Gasteiger partial charge in [0.25, 0.3) is 0 Å². The van der Waals surface area contributed by atoms with Crippen molar-refractivity contribution in [2.24, 2.45) is 0 Å². The van der Waals surface area contributed by atoms with Crippen molar-refractivity contribution in [1.29, 1.82) is 0 Å². The topological polar surface area (TPSA) is 17.1 Å². The molecule has 0 bridgehead atoms. The van der Waals surface area contributed by atoms with E-state index in [2.05, 4.69) is 15.9 Å². The van der Waals surface area contributed by atoms with Crippen LogP contribution in [-0.4, -0.2) is 5.78 Å². The third-order valence-electron chi connectivity index (χ3n) is 3.27. The Bertz CT molecular complexity index is 662. The number of hydrogen-bond donors (Lipinski definition) is 0. The summed E-state index contributed by atoms with van der Waals surface area (Å²) >= 11 is 9.37. The molecule has 0 aliphatic heterocycles. The Kier molecular flexibility index (Phi) is 4.12. The number of ketones is 1.